The van der Waals surface area contributed by atoms with E-state index in [9.17, 15) is 9.59 Å². The molecule has 0 fully saturated rings. The minimum absolute atomic E-state index is 0.000415. The summed E-state index contributed by atoms with van der Waals surface area (Å²) in [6, 6.07) is 5.45. The van der Waals surface area contributed by atoms with Crippen molar-refractivity contribution in [2.45, 2.75) is 46.5 Å². The lowest BCUT2D eigenvalue weighted by molar-refractivity contribution is 0.0773. The molecule has 1 amide bonds. The maximum atomic E-state index is 12.8. The highest BCUT2D eigenvalue weighted by Crippen LogP contribution is 2.25. The number of carbonyl (C=O) groups excluding carboxylic acids is 1. The van der Waals surface area contributed by atoms with Crippen LogP contribution in [0.3, 0.4) is 0 Å². The van der Waals surface area contributed by atoms with E-state index in [2.05, 4.69) is 23.8 Å². The van der Waals surface area contributed by atoms with Crippen LogP contribution < -0.4 is 5.56 Å². The fourth-order valence-electron chi connectivity index (χ4n) is 3.56. The third-order valence-corrected chi connectivity index (χ3v) is 5.16. The second kappa shape index (κ2) is 7.32. The molecule has 2 aromatic heterocycles. The second-order valence-corrected chi connectivity index (χ2v) is 6.51. The number of nitrogens with zero attached hydrogens (tertiary/aromatic N) is 3. The van der Waals surface area contributed by atoms with Gasteiger partial charge in [0.05, 0.1) is 17.2 Å². The predicted molar refractivity (Wildman–Crippen MR) is 104 cm³/mol. The van der Waals surface area contributed by atoms with Crippen LogP contribution in [0.4, 0.5) is 0 Å². The minimum Gasteiger partial charge on any atom is -0.339 e. The van der Waals surface area contributed by atoms with Crippen LogP contribution in [0.1, 0.15) is 62.6 Å². The van der Waals surface area contributed by atoms with Crippen LogP contribution in [0.2, 0.25) is 0 Å². The summed E-state index contributed by atoms with van der Waals surface area (Å²) < 4.78 is 1.92. The molecule has 0 aliphatic carbocycles. The molecule has 3 aromatic rings. The number of hydrogen-bond acceptors (Lipinski definition) is 3. The van der Waals surface area contributed by atoms with E-state index in [1.54, 1.807) is 17.2 Å². The van der Waals surface area contributed by atoms with Gasteiger partial charge in [0.25, 0.3) is 11.5 Å². The molecule has 0 aliphatic rings. The van der Waals surface area contributed by atoms with Crippen molar-refractivity contribution in [1.82, 2.24) is 19.3 Å². The van der Waals surface area contributed by atoms with Gasteiger partial charge in [-0.15, -0.1) is 0 Å². The first kappa shape index (κ1) is 18.2. The maximum absolute atomic E-state index is 12.8. The summed E-state index contributed by atoms with van der Waals surface area (Å²) in [5.41, 5.74) is 2.51. The van der Waals surface area contributed by atoms with Gasteiger partial charge in [0.1, 0.15) is 11.3 Å². The van der Waals surface area contributed by atoms with Gasteiger partial charge in [-0.25, -0.2) is 4.98 Å². The lowest BCUT2D eigenvalue weighted by Gasteiger charge is -2.19. The Morgan fingerprint density at radius 2 is 1.85 bits per heavy atom. The summed E-state index contributed by atoms with van der Waals surface area (Å²) in [6.07, 6.45) is 3.52. The maximum Gasteiger partial charge on any atom is 0.274 e. The molecule has 0 unspecified atom stereocenters. The Hall–Kier alpha value is -2.63. The molecule has 2 heterocycles. The zero-order valence-corrected chi connectivity index (χ0v) is 15.9. The smallest absolute Gasteiger partial charge is 0.274 e. The van der Waals surface area contributed by atoms with Crippen LogP contribution in [-0.2, 0) is 0 Å². The molecule has 0 bridgehead atoms. The molecule has 1 N–H and O–H groups in total. The van der Waals surface area contributed by atoms with E-state index in [0.29, 0.717) is 29.7 Å². The van der Waals surface area contributed by atoms with E-state index in [0.717, 1.165) is 24.2 Å². The average Bonchev–Trinajstić information content (AvgIpc) is 3.09. The molecular weight excluding hydrogens is 328 g/mol. The van der Waals surface area contributed by atoms with Crippen LogP contribution in [0.5, 0.6) is 0 Å². The Morgan fingerprint density at radius 1 is 1.15 bits per heavy atom. The van der Waals surface area contributed by atoms with Crippen molar-refractivity contribution in [1.29, 1.82) is 0 Å². The van der Waals surface area contributed by atoms with Crippen LogP contribution in [-0.4, -0.2) is 38.3 Å². The van der Waals surface area contributed by atoms with Gasteiger partial charge in [-0.1, -0.05) is 13.8 Å². The topological polar surface area (TPSA) is 70.5 Å². The number of carbonyl (C=O) groups is 1. The van der Waals surface area contributed by atoms with Crippen molar-refractivity contribution in [3.63, 3.8) is 0 Å². The number of aromatic amines is 1. The summed E-state index contributed by atoms with van der Waals surface area (Å²) in [4.78, 5) is 34.4. The largest absolute Gasteiger partial charge is 0.339 e. The number of rotatable bonds is 6. The number of nitrogens with one attached hydrogen (secondary N) is 1. The van der Waals surface area contributed by atoms with Crippen LogP contribution in [0, 0.1) is 0 Å². The fourth-order valence-corrected chi connectivity index (χ4v) is 3.56. The summed E-state index contributed by atoms with van der Waals surface area (Å²) in [5.74, 6) is 1.15. The first-order valence-corrected chi connectivity index (χ1v) is 9.38. The Morgan fingerprint density at radius 3 is 2.46 bits per heavy atom. The van der Waals surface area contributed by atoms with Gasteiger partial charge in [-0.2, -0.15) is 0 Å². The summed E-state index contributed by atoms with van der Waals surface area (Å²) in [5, 5.41) is 0. The first-order valence-electron chi connectivity index (χ1n) is 9.38. The number of hydrogen-bond donors (Lipinski definition) is 1. The number of imidazole rings is 1. The summed E-state index contributed by atoms with van der Waals surface area (Å²) in [7, 11) is 0. The highest BCUT2D eigenvalue weighted by molar-refractivity contribution is 5.97. The number of benzene rings is 1. The van der Waals surface area contributed by atoms with Crippen LogP contribution >= 0.6 is 0 Å². The van der Waals surface area contributed by atoms with Gasteiger partial charge >= 0.3 is 0 Å². The molecular formula is C20H26N4O2. The molecule has 6 heteroatoms. The molecule has 26 heavy (non-hydrogen) atoms. The number of aromatic nitrogens is 3. The first-order chi connectivity index (χ1) is 12.5. The van der Waals surface area contributed by atoms with E-state index < -0.39 is 0 Å². The van der Waals surface area contributed by atoms with Crippen molar-refractivity contribution < 1.29 is 4.79 Å². The molecule has 6 nitrogen and oxygen atoms in total. The molecule has 0 saturated carbocycles. The lowest BCUT2D eigenvalue weighted by atomic mass is 10.0. The Bertz CT molecular complexity index is 994. The van der Waals surface area contributed by atoms with Crippen molar-refractivity contribution in [2.75, 3.05) is 13.1 Å². The molecule has 0 spiro atoms. The van der Waals surface area contributed by atoms with Crippen LogP contribution in [0.15, 0.2) is 29.2 Å². The van der Waals surface area contributed by atoms with Gasteiger partial charge in [0.15, 0.2) is 0 Å². The van der Waals surface area contributed by atoms with Crippen molar-refractivity contribution >= 4 is 22.5 Å². The Labute approximate surface area is 152 Å². The fraction of sp³-hybridized carbons (Fsp3) is 0.450. The van der Waals surface area contributed by atoms with Crippen molar-refractivity contribution in [2.24, 2.45) is 0 Å². The quantitative estimate of drug-likeness (QED) is 0.736. The van der Waals surface area contributed by atoms with E-state index in [1.807, 2.05) is 30.4 Å². The molecule has 1 aromatic carbocycles. The Balaban J connectivity index is 2.29. The van der Waals surface area contributed by atoms with E-state index in [-0.39, 0.29) is 17.4 Å². The highest BCUT2D eigenvalue weighted by atomic mass is 16.2. The van der Waals surface area contributed by atoms with E-state index in [1.165, 1.54) is 0 Å². The monoisotopic (exact) mass is 354 g/mol. The normalized spacial score (nSPS) is 11.6. The number of H-pyrrole nitrogens is 1. The van der Waals surface area contributed by atoms with Crippen molar-refractivity contribution in [3.8, 4) is 0 Å². The number of amides is 1. The molecule has 0 saturated heterocycles. The van der Waals surface area contributed by atoms with Crippen LogP contribution in [0.25, 0.3) is 16.6 Å². The zero-order chi connectivity index (χ0) is 18.8. The molecule has 138 valence electrons. The highest BCUT2D eigenvalue weighted by Gasteiger charge is 2.19. The minimum atomic E-state index is -0.162. The molecule has 3 rings (SSSR count). The Kier molecular flexibility index (Phi) is 5.11. The third kappa shape index (κ3) is 2.89. The number of fused-ring (bicyclic) bond motifs is 3. The van der Waals surface area contributed by atoms with Gasteiger partial charge in [-0.05, 0) is 44.9 Å². The zero-order valence-electron chi connectivity index (χ0n) is 15.9. The summed E-state index contributed by atoms with van der Waals surface area (Å²) in [6.45, 7) is 9.52. The second-order valence-electron chi connectivity index (χ2n) is 6.51. The van der Waals surface area contributed by atoms with E-state index in [4.69, 9.17) is 0 Å². The SMILES string of the molecule is CCC(CC)c1ncc2c(=O)[nH]c3ccc(C(=O)N(CC)CC)cc3n12. The standard InChI is InChI=1S/C20H26N4O2/c1-5-13(6-2)18-21-12-17-19(25)22-15-10-9-14(11-16(15)24(17)18)20(26)23(7-3)8-4/h9-13H,5-8H2,1-4H3,(H,22,25). The van der Waals surface area contributed by atoms with Gasteiger partial charge in [-0.3, -0.25) is 14.0 Å². The molecule has 0 atom stereocenters. The van der Waals surface area contributed by atoms with E-state index >= 15 is 0 Å². The summed E-state index contributed by atoms with van der Waals surface area (Å²) >= 11 is 0. The lowest BCUT2D eigenvalue weighted by Crippen LogP contribution is -2.30. The van der Waals surface area contributed by atoms with Gasteiger partial charge < -0.3 is 9.88 Å². The molecule has 0 radical (unpaired) electrons. The third-order valence-electron chi connectivity index (χ3n) is 5.16. The molecule has 0 aliphatic heterocycles. The van der Waals surface area contributed by atoms with Gasteiger partial charge in [0.2, 0.25) is 0 Å². The predicted octanol–water partition coefficient (Wildman–Crippen LogP) is 3.56. The van der Waals surface area contributed by atoms with Crippen molar-refractivity contribution in [3.05, 3.63) is 46.1 Å². The average molecular weight is 354 g/mol. The van der Waals surface area contributed by atoms with Gasteiger partial charge in [0, 0.05) is 24.6 Å².